The molecule has 0 amide bonds. The van der Waals surface area contributed by atoms with Crippen LogP contribution in [0.4, 0.5) is 11.5 Å². The molecule has 0 unspecified atom stereocenters. The summed E-state index contributed by atoms with van der Waals surface area (Å²) in [5.74, 6) is 0.821. The second kappa shape index (κ2) is 6.23. The minimum absolute atomic E-state index is 0.715. The van der Waals surface area contributed by atoms with Gasteiger partial charge in [0.05, 0.1) is 17.0 Å². The van der Waals surface area contributed by atoms with E-state index < -0.39 is 0 Å². The van der Waals surface area contributed by atoms with Crippen LogP contribution in [-0.2, 0) is 6.54 Å². The van der Waals surface area contributed by atoms with Crippen molar-refractivity contribution in [1.82, 2.24) is 4.98 Å². The Labute approximate surface area is 118 Å². The molecule has 4 heteroatoms. The first-order valence-corrected chi connectivity index (χ1v) is 6.44. The molecular weight excluding hydrogens is 254 g/mol. The maximum atomic E-state index is 4.54. The van der Waals surface area contributed by atoms with Gasteiger partial charge in [-0.25, -0.2) is 4.98 Å². The lowest BCUT2D eigenvalue weighted by Crippen LogP contribution is -2.01. The zero-order valence-electron chi connectivity index (χ0n) is 11.0. The predicted octanol–water partition coefficient (Wildman–Crippen LogP) is 4.04. The molecule has 96 valence electrons. The van der Waals surface area contributed by atoms with Crippen molar-refractivity contribution in [3.63, 3.8) is 0 Å². The molecule has 0 aliphatic heterocycles. The van der Waals surface area contributed by atoms with Gasteiger partial charge in [0.25, 0.3) is 0 Å². The molecule has 1 N–H and O–H groups in total. The van der Waals surface area contributed by atoms with Gasteiger partial charge in [-0.1, -0.05) is 18.2 Å². The van der Waals surface area contributed by atoms with Crippen LogP contribution < -0.4 is 5.32 Å². The molecule has 2 aromatic rings. The molecule has 0 bridgehead atoms. The number of hydrogen-bond donors (Lipinski definition) is 1. The normalized spacial score (nSPS) is 9.79. The smallest absolute Gasteiger partial charge is 0.126 e. The maximum absolute atomic E-state index is 4.54. The van der Waals surface area contributed by atoms with Crippen LogP contribution in [-0.4, -0.2) is 10.1 Å². The van der Waals surface area contributed by atoms with Crippen molar-refractivity contribution >= 4 is 28.9 Å². The first-order valence-electron chi connectivity index (χ1n) is 6.03. The topological polar surface area (TPSA) is 37.3 Å². The number of aromatic nitrogens is 1. The molecule has 0 atom stereocenters. The van der Waals surface area contributed by atoms with Crippen LogP contribution in [0.25, 0.3) is 0 Å². The van der Waals surface area contributed by atoms with Crippen molar-refractivity contribution < 1.29 is 0 Å². The summed E-state index contributed by atoms with van der Waals surface area (Å²) in [7, 11) is 0. The van der Waals surface area contributed by atoms with Crippen molar-refractivity contribution in [2.45, 2.75) is 20.4 Å². The average molecular weight is 269 g/mol. The van der Waals surface area contributed by atoms with Gasteiger partial charge in [-0.15, -0.1) is 0 Å². The third-order valence-corrected chi connectivity index (χ3v) is 3.06. The van der Waals surface area contributed by atoms with E-state index in [9.17, 15) is 0 Å². The van der Waals surface area contributed by atoms with Gasteiger partial charge in [-0.05, 0) is 54.9 Å². The van der Waals surface area contributed by atoms with E-state index in [1.165, 1.54) is 16.7 Å². The van der Waals surface area contributed by atoms with E-state index in [1.54, 1.807) is 6.20 Å². The maximum Gasteiger partial charge on any atom is 0.126 e. The van der Waals surface area contributed by atoms with E-state index in [0.717, 1.165) is 12.4 Å². The Balaban J connectivity index is 2.01. The molecule has 1 aromatic carbocycles. The average Bonchev–Trinajstić information content (AvgIpc) is 2.42. The number of benzene rings is 1. The Kier molecular flexibility index (Phi) is 4.39. The first-order chi connectivity index (χ1) is 9.19. The summed E-state index contributed by atoms with van der Waals surface area (Å²) < 4.78 is 0. The standard InChI is InChI=1S/C15H15N3S/c1-11-3-4-13(7-12(11)2)8-16-15-6-5-14(9-17-15)18-10-19/h3-7,9H,8H2,1-2H3,(H,16,17). The van der Waals surface area contributed by atoms with Gasteiger partial charge in [0.15, 0.2) is 0 Å². The number of hydrogen-bond acceptors (Lipinski definition) is 4. The summed E-state index contributed by atoms with van der Waals surface area (Å²) in [6.07, 6.45) is 1.67. The number of aryl methyl sites for hydroxylation is 2. The molecule has 19 heavy (non-hydrogen) atoms. The highest BCUT2D eigenvalue weighted by Gasteiger charge is 1.98. The molecule has 0 radical (unpaired) electrons. The van der Waals surface area contributed by atoms with Gasteiger partial charge < -0.3 is 5.32 Å². The van der Waals surface area contributed by atoms with Crippen LogP contribution >= 0.6 is 12.2 Å². The summed E-state index contributed by atoms with van der Waals surface area (Å²) in [5, 5.41) is 5.60. The first kappa shape index (κ1) is 13.4. The number of pyridine rings is 1. The van der Waals surface area contributed by atoms with Crippen molar-refractivity contribution in [2.24, 2.45) is 4.99 Å². The summed E-state index contributed by atoms with van der Waals surface area (Å²) in [5.41, 5.74) is 4.57. The van der Waals surface area contributed by atoms with Gasteiger partial charge in [-0.3, -0.25) is 0 Å². The zero-order valence-corrected chi connectivity index (χ0v) is 11.8. The van der Waals surface area contributed by atoms with Gasteiger partial charge in [0.1, 0.15) is 5.82 Å². The highest BCUT2D eigenvalue weighted by molar-refractivity contribution is 7.78. The molecule has 0 aliphatic rings. The van der Waals surface area contributed by atoms with E-state index >= 15 is 0 Å². The van der Waals surface area contributed by atoms with Crippen molar-refractivity contribution in [3.05, 3.63) is 53.2 Å². The van der Waals surface area contributed by atoms with Crippen LogP contribution in [0.5, 0.6) is 0 Å². The fraction of sp³-hybridized carbons (Fsp3) is 0.200. The highest BCUT2D eigenvalue weighted by Crippen LogP contribution is 2.14. The number of anilines is 1. The Morgan fingerprint density at radius 1 is 1.21 bits per heavy atom. The Bertz CT molecular complexity index is 614. The predicted molar refractivity (Wildman–Crippen MR) is 82.2 cm³/mol. The molecule has 0 aliphatic carbocycles. The van der Waals surface area contributed by atoms with E-state index in [1.807, 2.05) is 12.1 Å². The van der Waals surface area contributed by atoms with Crippen LogP contribution in [0.1, 0.15) is 16.7 Å². The van der Waals surface area contributed by atoms with E-state index in [0.29, 0.717) is 5.69 Å². The monoisotopic (exact) mass is 269 g/mol. The third kappa shape index (κ3) is 3.71. The fourth-order valence-corrected chi connectivity index (χ4v) is 1.82. The van der Waals surface area contributed by atoms with Gasteiger partial charge in [-0.2, -0.15) is 4.99 Å². The number of nitrogens with zero attached hydrogens (tertiary/aromatic N) is 2. The van der Waals surface area contributed by atoms with Crippen LogP contribution in [0.2, 0.25) is 0 Å². The lowest BCUT2D eigenvalue weighted by Gasteiger charge is -2.07. The minimum atomic E-state index is 0.715. The summed E-state index contributed by atoms with van der Waals surface area (Å²) in [6.45, 7) is 4.99. The second-order valence-corrected chi connectivity index (χ2v) is 4.56. The number of thiocarbonyl (C=S) groups is 1. The number of aliphatic imine (C=N–C) groups is 1. The van der Waals surface area contributed by atoms with Crippen molar-refractivity contribution in [1.29, 1.82) is 0 Å². The van der Waals surface area contributed by atoms with Gasteiger partial charge in [0.2, 0.25) is 0 Å². The summed E-state index contributed by atoms with van der Waals surface area (Å²) in [6, 6.07) is 10.2. The van der Waals surface area contributed by atoms with Gasteiger partial charge in [0, 0.05) is 6.54 Å². The molecule has 0 fully saturated rings. The largest absolute Gasteiger partial charge is 0.366 e. The highest BCUT2D eigenvalue weighted by atomic mass is 32.1. The summed E-state index contributed by atoms with van der Waals surface area (Å²) in [4.78, 5) is 8.12. The molecule has 2 rings (SSSR count). The van der Waals surface area contributed by atoms with Crippen LogP contribution in [0.15, 0.2) is 41.5 Å². The quantitative estimate of drug-likeness (QED) is 0.672. The van der Waals surface area contributed by atoms with E-state index in [2.05, 4.69) is 64.7 Å². The molecule has 0 spiro atoms. The van der Waals surface area contributed by atoms with Crippen LogP contribution in [0, 0.1) is 13.8 Å². The summed E-state index contributed by atoms with van der Waals surface area (Å²) >= 11 is 4.54. The van der Waals surface area contributed by atoms with E-state index in [-0.39, 0.29) is 0 Å². The molecule has 0 saturated heterocycles. The molecule has 1 heterocycles. The number of rotatable bonds is 4. The molecular formula is C15H15N3S. The number of nitrogens with one attached hydrogen (secondary N) is 1. The Morgan fingerprint density at radius 2 is 2.05 bits per heavy atom. The fourth-order valence-electron chi connectivity index (χ4n) is 1.72. The van der Waals surface area contributed by atoms with Gasteiger partial charge >= 0.3 is 0 Å². The molecule has 1 aromatic heterocycles. The third-order valence-electron chi connectivity index (χ3n) is 2.97. The Morgan fingerprint density at radius 3 is 2.68 bits per heavy atom. The number of isothiocyanates is 1. The van der Waals surface area contributed by atoms with Crippen molar-refractivity contribution in [2.75, 3.05) is 5.32 Å². The SMILES string of the molecule is Cc1ccc(CNc2ccc(N=C=S)cn2)cc1C. The van der Waals surface area contributed by atoms with E-state index in [4.69, 9.17) is 0 Å². The second-order valence-electron chi connectivity index (χ2n) is 4.38. The molecule has 0 saturated carbocycles. The lowest BCUT2D eigenvalue weighted by molar-refractivity contribution is 1.10. The van der Waals surface area contributed by atoms with Crippen molar-refractivity contribution in [3.8, 4) is 0 Å². The lowest BCUT2D eigenvalue weighted by atomic mass is 10.1. The minimum Gasteiger partial charge on any atom is -0.366 e. The van der Waals surface area contributed by atoms with Crippen LogP contribution in [0.3, 0.4) is 0 Å². The Hall–Kier alpha value is -2.03. The molecule has 3 nitrogen and oxygen atoms in total. The zero-order chi connectivity index (χ0) is 13.7.